The molecule has 0 spiro atoms. The van der Waals surface area contributed by atoms with Crippen LogP contribution < -0.4 is 5.32 Å². The van der Waals surface area contributed by atoms with Gasteiger partial charge in [-0.15, -0.1) is 0 Å². The Morgan fingerprint density at radius 1 is 1.43 bits per heavy atom. The van der Waals surface area contributed by atoms with Crippen LogP contribution in [0, 0.1) is 5.92 Å². The summed E-state index contributed by atoms with van der Waals surface area (Å²) in [6.07, 6.45) is 0. The Labute approximate surface area is 83.4 Å². The van der Waals surface area contributed by atoms with Gasteiger partial charge in [0.2, 0.25) is 0 Å². The van der Waals surface area contributed by atoms with Gasteiger partial charge >= 0.3 is 11.9 Å². The topological polar surface area (TPSA) is 75.6 Å². The molecular weight excluding hydrogens is 186 g/mol. The summed E-state index contributed by atoms with van der Waals surface area (Å²) < 4.78 is 4.50. The van der Waals surface area contributed by atoms with Crippen LogP contribution in [-0.2, 0) is 14.3 Å². The van der Waals surface area contributed by atoms with Crippen molar-refractivity contribution in [1.29, 1.82) is 0 Å². The molecule has 0 aromatic rings. The van der Waals surface area contributed by atoms with E-state index < -0.39 is 17.9 Å². The first-order chi connectivity index (χ1) is 6.52. The quantitative estimate of drug-likeness (QED) is 0.485. The fourth-order valence-electron chi connectivity index (χ4n) is 0.847. The molecule has 0 aliphatic rings. The zero-order valence-corrected chi connectivity index (χ0v) is 8.74. The number of amides is 1. The van der Waals surface area contributed by atoms with Crippen LogP contribution in [0.4, 0.5) is 0 Å². The number of esters is 1. The molecule has 0 aromatic carbocycles. The van der Waals surface area contributed by atoms with Gasteiger partial charge in [-0.25, -0.2) is 4.79 Å². The van der Waals surface area contributed by atoms with E-state index >= 15 is 0 Å². The molecule has 0 aliphatic heterocycles. The minimum atomic E-state index is -0.911. The Bertz CT molecular complexity index is 203. The van der Waals surface area contributed by atoms with Crippen molar-refractivity contribution in [3.63, 3.8) is 0 Å². The van der Waals surface area contributed by atoms with Crippen molar-refractivity contribution in [3.8, 4) is 0 Å². The van der Waals surface area contributed by atoms with E-state index in [0.29, 0.717) is 0 Å². The molecule has 0 aromatic heterocycles. The summed E-state index contributed by atoms with van der Waals surface area (Å²) in [7, 11) is 0. The van der Waals surface area contributed by atoms with Crippen LogP contribution in [0.3, 0.4) is 0 Å². The Balaban J connectivity index is 4.08. The van der Waals surface area contributed by atoms with E-state index in [0.717, 1.165) is 0 Å². The second-order valence-corrected chi connectivity index (χ2v) is 3.23. The number of aliphatic hydroxyl groups is 1. The Hall–Kier alpha value is -1.10. The molecular formula is C9H17NO4. The van der Waals surface area contributed by atoms with Gasteiger partial charge < -0.3 is 15.2 Å². The highest BCUT2D eigenvalue weighted by molar-refractivity contribution is 6.32. The maximum atomic E-state index is 11.1. The Morgan fingerprint density at radius 3 is 2.36 bits per heavy atom. The molecule has 0 rings (SSSR count). The Kier molecular flexibility index (Phi) is 5.87. The van der Waals surface area contributed by atoms with Gasteiger partial charge in [0.15, 0.2) is 0 Å². The summed E-state index contributed by atoms with van der Waals surface area (Å²) in [6.45, 7) is 5.27. The lowest BCUT2D eigenvalue weighted by Crippen LogP contribution is -2.44. The Morgan fingerprint density at radius 2 is 2.00 bits per heavy atom. The van der Waals surface area contributed by atoms with Crippen molar-refractivity contribution in [2.75, 3.05) is 13.2 Å². The summed E-state index contributed by atoms with van der Waals surface area (Å²) in [5, 5.41) is 11.3. The zero-order chi connectivity index (χ0) is 11.1. The first kappa shape index (κ1) is 12.9. The van der Waals surface area contributed by atoms with E-state index in [1.54, 1.807) is 6.92 Å². The minimum absolute atomic E-state index is 0.0679. The van der Waals surface area contributed by atoms with Crippen molar-refractivity contribution in [2.24, 2.45) is 5.92 Å². The molecule has 0 fully saturated rings. The molecule has 2 N–H and O–H groups in total. The first-order valence-electron chi connectivity index (χ1n) is 4.61. The fraction of sp³-hybridized carbons (Fsp3) is 0.778. The number of carbonyl (C=O) groups is 2. The molecule has 0 saturated heterocycles. The smallest absolute Gasteiger partial charge is 0.396 e. The average molecular weight is 203 g/mol. The number of carbonyl (C=O) groups excluding carboxylic acids is 2. The summed E-state index contributed by atoms with van der Waals surface area (Å²) in [5.41, 5.74) is 0. The van der Waals surface area contributed by atoms with Crippen molar-refractivity contribution in [3.05, 3.63) is 0 Å². The molecule has 0 saturated carbocycles. The predicted molar refractivity (Wildman–Crippen MR) is 50.5 cm³/mol. The molecule has 5 nitrogen and oxygen atoms in total. The van der Waals surface area contributed by atoms with Gasteiger partial charge in [-0.2, -0.15) is 0 Å². The lowest BCUT2D eigenvalue weighted by atomic mass is 10.1. The molecule has 1 amide bonds. The summed E-state index contributed by atoms with van der Waals surface area (Å²) in [4.78, 5) is 22.0. The van der Waals surface area contributed by atoms with E-state index in [9.17, 15) is 9.59 Å². The molecule has 82 valence electrons. The van der Waals surface area contributed by atoms with Gasteiger partial charge in [-0.1, -0.05) is 13.8 Å². The summed E-state index contributed by atoms with van der Waals surface area (Å²) in [5.74, 6) is -1.65. The summed E-state index contributed by atoms with van der Waals surface area (Å²) >= 11 is 0. The van der Waals surface area contributed by atoms with Gasteiger partial charge in [0.1, 0.15) is 0 Å². The molecule has 0 radical (unpaired) electrons. The highest BCUT2D eigenvalue weighted by atomic mass is 16.5. The second kappa shape index (κ2) is 6.37. The van der Waals surface area contributed by atoms with Crippen LogP contribution in [0.15, 0.2) is 0 Å². The molecule has 0 aliphatic carbocycles. The van der Waals surface area contributed by atoms with Crippen molar-refractivity contribution >= 4 is 11.9 Å². The SMILES string of the molecule is CCOC(=O)C(=O)NC(CO)C(C)C. The molecule has 1 unspecified atom stereocenters. The van der Waals surface area contributed by atoms with E-state index in [4.69, 9.17) is 5.11 Å². The second-order valence-electron chi connectivity index (χ2n) is 3.23. The molecule has 14 heavy (non-hydrogen) atoms. The van der Waals surface area contributed by atoms with Crippen molar-refractivity contribution in [2.45, 2.75) is 26.8 Å². The number of hydrogen-bond acceptors (Lipinski definition) is 4. The number of ether oxygens (including phenoxy) is 1. The number of rotatable bonds is 4. The third-order valence-corrected chi connectivity index (χ3v) is 1.78. The van der Waals surface area contributed by atoms with E-state index in [1.807, 2.05) is 13.8 Å². The third-order valence-electron chi connectivity index (χ3n) is 1.78. The fourth-order valence-corrected chi connectivity index (χ4v) is 0.847. The highest BCUT2D eigenvalue weighted by Crippen LogP contribution is 2.00. The molecule has 5 heteroatoms. The van der Waals surface area contributed by atoms with Crippen LogP contribution in [0.2, 0.25) is 0 Å². The van der Waals surface area contributed by atoms with Gasteiger partial charge in [-0.05, 0) is 12.8 Å². The normalized spacial score (nSPS) is 12.4. The van der Waals surface area contributed by atoms with E-state index in [2.05, 4.69) is 10.1 Å². The van der Waals surface area contributed by atoms with Gasteiger partial charge in [0.25, 0.3) is 0 Å². The highest BCUT2D eigenvalue weighted by Gasteiger charge is 2.20. The van der Waals surface area contributed by atoms with Crippen LogP contribution >= 0.6 is 0 Å². The maximum absolute atomic E-state index is 11.1. The predicted octanol–water partition coefficient (Wildman–Crippen LogP) is -0.317. The minimum Gasteiger partial charge on any atom is -0.459 e. The van der Waals surface area contributed by atoms with Gasteiger partial charge in [0.05, 0.1) is 19.3 Å². The first-order valence-corrected chi connectivity index (χ1v) is 4.61. The average Bonchev–Trinajstić information content (AvgIpc) is 2.13. The standard InChI is InChI=1S/C9H17NO4/c1-4-14-9(13)8(12)10-7(5-11)6(2)3/h6-7,11H,4-5H2,1-3H3,(H,10,12). The van der Waals surface area contributed by atoms with E-state index in [1.165, 1.54) is 0 Å². The molecule has 0 heterocycles. The van der Waals surface area contributed by atoms with Crippen molar-refractivity contribution in [1.82, 2.24) is 5.32 Å². The van der Waals surface area contributed by atoms with Gasteiger partial charge in [-0.3, -0.25) is 4.79 Å². The van der Waals surface area contributed by atoms with Crippen LogP contribution in [0.1, 0.15) is 20.8 Å². The van der Waals surface area contributed by atoms with Crippen LogP contribution in [0.5, 0.6) is 0 Å². The van der Waals surface area contributed by atoms with Gasteiger partial charge in [0, 0.05) is 0 Å². The monoisotopic (exact) mass is 203 g/mol. The number of aliphatic hydroxyl groups excluding tert-OH is 1. The molecule has 0 bridgehead atoms. The number of nitrogens with one attached hydrogen (secondary N) is 1. The lowest BCUT2D eigenvalue weighted by molar-refractivity contribution is -0.155. The van der Waals surface area contributed by atoms with Crippen LogP contribution in [-0.4, -0.2) is 36.2 Å². The maximum Gasteiger partial charge on any atom is 0.396 e. The molecule has 1 atom stereocenters. The third kappa shape index (κ3) is 4.23. The number of hydrogen-bond donors (Lipinski definition) is 2. The summed E-state index contributed by atoms with van der Waals surface area (Å²) in [6, 6.07) is -0.410. The van der Waals surface area contributed by atoms with E-state index in [-0.39, 0.29) is 19.1 Å². The van der Waals surface area contributed by atoms with Crippen molar-refractivity contribution < 1.29 is 19.4 Å². The zero-order valence-electron chi connectivity index (χ0n) is 8.74. The lowest BCUT2D eigenvalue weighted by Gasteiger charge is -2.18. The largest absolute Gasteiger partial charge is 0.459 e. The van der Waals surface area contributed by atoms with Crippen LogP contribution in [0.25, 0.3) is 0 Å².